The fourth-order valence-corrected chi connectivity index (χ4v) is 4.85. The maximum atomic E-state index is 14.6. The Balaban J connectivity index is 1.57. The summed E-state index contributed by atoms with van der Waals surface area (Å²) in [6.07, 6.45) is 3.46. The molecule has 3 N–H and O–H groups in total. The van der Waals surface area contributed by atoms with Crippen molar-refractivity contribution in [3.8, 4) is 0 Å². The lowest BCUT2D eigenvalue weighted by Crippen LogP contribution is -2.61. The Bertz CT molecular complexity index is 973. The summed E-state index contributed by atoms with van der Waals surface area (Å²) in [5.41, 5.74) is -1.44. The number of aliphatic hydroxyl groups is 1. The first-order chi connectivity index (χ1) is 14.3. The average Bonchev–Trinajstić information content (AvgIpc) is 2.71. The summed E-state index contributed by atoms with van der Waals surface area (Å²) in [4.78, 5) is 13.1. The first-order valence-electron chi connectivity index (χ1n) is 9.98. The quantitative estimate of drug-likeness (QED) is 0.380. The Hall–Kier alpha value is -1.65. The number of ketones is 1. The molecule has 0 bridgehead atoms. The molecule has 1 atom stereocenters. The first kappa shape index (κ1) is 21.6. The Kier molecular flexibility index (Phi) is 6.09. The third kappa shape index (κ3) is 4.09. The van der Waals surface area contributed by atoms with E-state index in [9.17, 15) is 23.1 Å². The van der Waals surface area contributed by atoms with Gasteiger partial charge in [-0.15, -0.1) is 0 Å². The van der Waals surface area contributed by atoms with Crippen LogP contribution in [-0.4, -0.2) is 29.1 Å². The number of carbonyl (C=O) groups excluding carboxylic acids is 1. The van der Waals surface area contributed by atoms with E-state index in [2.05, 4.69) is 10.6 Å². The molecule has 1 heterocycles. The highest BCUT2D eigenvalue weighted by atomic mass is 127. The van der Waals surface area contributed by atoms with Crippen molar-refractivity contribution >= 4 is 39.7 Å². The molecule has 30 heavy (non-hydrogen) atoms. The van der Waals surface area contributed by atoms with Crippen LogP contribution in [0.25, 0.3) is 0 Å². The minimum Gasteiger partial charge on any atom is -0.388 e. The highest BCUT2D eigenvalue weighted by Crippen LogP contribution is 2.45. The Morgan fingerprint density at radius 1 is 1.13 bits per heavy atom. The third-order valence-corrected chi connectivity index (χ3v) is 6.75. The van der Waals surface area contributed by atoms with Crippen LogP contribution in [0, 0.1) is 26.9 Å². The highest BCUT2D eigenvalue weighted by molar-refractivity contribution is 14.1. The Morgan fingerprint density at radius 3 is 2.57 bits per heavy atom. The molecule has 2 aliphatic rings. The maximum Gasteiger partial charge on any atom is 0.182 e. The monoisotopic (exact) mass is 530 g/mol. The maximum absolute atomic E-state index is 14.6. The van der Waals surface area contributed by atoms with E-state index in [-0.39, 0.29) is 41.6 Å². The zero-order valence-electron chi connectivity index (χ0n) is 16.2. The van der Waals surface area contributed by atoms with Gasteiger partial charge in [-0.25, -0.2) is 13.2 Å². The largest absolute Gasteiger partial charge is 0.388 e. The number of piperidine rings is 1. The number of hydrogen-bond donors (Lipinski definition) is 3. The summed E-state index contributed by atoms with van der Waals surface area (Å²) in [7, 11) is 0. The molecule has 2 fully saturated rings. The van der Waals surface area contributed by atoms with Crippen molar-refractivity contribution < 1.29 is 23.1 Å². The summed E-state index contributed by atoms with van der Waals surface area (Å²) >= 11 is 1.94. The molecule has 2 aromatic rings. The van der Waals surface area contributed by atoms with Crippen molar-refractivity contribution in [1.29, 1.82) is 0 Å². The van der Waals surface area contributed by atoms with Gasteiger partial charge < -0.3 is 15.7 Å². The first-order valence-corrected chi connectivity index (χ1v) is 11.1. The molecule has 8 heteroatoms. The van der Waals surface area contributed by atoms with Gasteiger partial charge in [0, 0.05) is 21.1 Å². The predicted molar refractivity (Wildman–Crippen MR) is 116 cm³/mol. The second-order valence-electron chi connectivity index (χ2n) is 8.11. The number of rotatable bonds is 5. The van der Waals surface area contributed by atoms with Crippen LogP contribution in [0.1, 0.15) is 42.5 Å². The third-order valence-electron chi connectivity index (χ3n) is 6.08. The van der Waals surface area contributed by atoms with Gasteiger partial charge in [0.15, 0.2) is 17.4 Å². The molecule has 4 nitrogen and oxygen atoms in total. The zero-order chi connectivity index (χ0) is 21.5. The SMILES string of the molecule is O=C(c1ccc(F)c(F)c1Nc1ccc(I)cc1F)C1CC(O)(C2CCCCN2)C1. The van der Waals surface area contributed by atoms with Crippen LogP contribution in [-0.2, 0) is 0 Å². The molecule has 1 unspecified atom stereocenters. The van der Waals surface area contributed by atoms with Crippen LogP contribution in [0.3, 0.4) is 0 Å². The van der Waals surface area contributed by atoms with E-state index in [0.29, 0.717) is 3.57 Å². The van der Waals surface area contributed by atoms with Crippen molar-refractivity contribution in [2.24, 2.45) is 5.92 Å². The minimum absolute atomic E-state index is 0.0458. The number of carbonyl (C=O) groups is 1. The van der Waals surface area contributed by atoms with Gasteiger partial charge in [0.2, 0.25) is 0 Å². The van der Waals surface area contributed by atoms with Gasteiger partial charge in [-0.3, -0.25) is 4.79 Å². The second kappa shape index (κ2) is 8.47. The second-order valence-corrected chi connectivity index (χ2v) is 9.35. The molecule has 0 amide bonds. The summed E-state index contributed by atoms with van der Waals surface area (Å²) in [6, 6.07) is 6.33. The molecule has 1 aliphatic heterocycles. The number of hydrogen-bond acceptors (Lipinski definition) is 4. The number of halogens is 4. The van der Waals surface area contributed by atoms with Crippen LogP contribution in [0.15, 0.2) is 30.3 Å². The zero-order valence-corrected chi connectivity index (χ0v) is 18.3. The fraction of sp³-hybridized carbons (Fsp3) is 0.409. The molecule has 1 saturated heterocycles. The average molecular weight is 530 g/mol. The summed E-state index contributed by atoms with van der Waals surface area (Å²) in [5.74, 6) is -3.88. The molecule has 160 valence electrons. The molecule has 1 aliphatic carbocycles. The molecule has 0 radical (unpaired) electrons. The fourth-order valence-electron chi connectivity index (χ4n) is 4.40. The number of benzene rings is 2. The number of nitrogens with one attached hydrogen (secondary N) is 2. The van der Waals surface area contributed by atoms with Crippen LogP contribution in [0.4, 0.5) is 24.5 Å². The molecular weight excluding hydrogens is 508 g/mol. The molecular formula is C22H22F3IN2O2. The Morgan fingerprint density at radius 2 is 1.90 bits per heavy atom. The van der Waals surface area contributed by atoms with Crippen molar-refractivity contribution in [2.75, 3.05) is 11.9 Å². The van der Waals surface area contributed by atoms with Crippen LogP contribution < -0.4 is 10.6 Å². The topological polar surface area (TPSA) is 61.4 Å². The van der Waals surface area contributed by atoms with Gasteiger partial charge in [-0.05, 0) is 85.2 Å². The highest BCUT2D eigenvalue weighted by Gasteiger charge is 2.51. The lowest BCUT2D eigenvalue weighted by atomic mass is 9.63. The molecule has 4 rings (SSSR count). The molecule has 0 spiro atoms. The van der Waals surface area contributed by atoms with E-state index >= 15 is 0 Å². The van der Waals surface area contributed by atoms with Gasteiger partial charge in [0.05, 0.1) is 17.0 Å². The van der Waals surface area contributed by atoms with Gasteiger partial charge in [-0.2, -0.15) is 0 Å². The number of anilines is 2. The normalized spacial score (nSPS) is 26.2. The van der Waals surface area contributed by atoms with Crippen LogP contribution >= 0.6 is 22.6 Å². The van der Waals surface area contributed by atoms with Crippen LogP contribution in [0.5, 0.6) is 0 Å². The summed E-state index contributed by atoms with van der Waals surface area (Å²) < 4.78 is 43.3. The molecule has 0 aromatic heterocycles. The van der Waals surface area contributed by atoms with Crippen molar-refractivity contribution in [1.82, 2.24) is 5.32 Å². The summed E-state index contributed by atoms with van der Waals surface area (Å²) in [5, 5.41) is 16.7. The van der Waals surface area contributed by atoms with Gasteiger partial charge in [0.25, 0.3) is 0 Å². The lowest BCUT2D eigenvalue weighted by Gasteiger charge is -2.49. The van der Waals surface area contributed by atoms with Gasteiger partial charge in [-0.1, -0.05) is 6.42 Å². The summed E-state index contributed by atoms with van der Waals surface area (Å²) in [6.45, 7) is 0.838. The predicted octanol–water partition coefficient (Wildman–Crippen LogP) is 4.92. The standard InChI is InChI=1S/C22H22F3IN2O2/c23-15-6-5-14(20(19(15)25)28-17-7-4-13(26)9-16(17)24)21(29)12-10-22(30,11-12)18-3-1-2-8-27-18/h4-7,9,12,18,27-28,30H,1-3,8,10-11H2. The van der Waals surface area contributed by atoms with Crippen molar-refractivity contribution in [3.63, 3.8) is 0 Å². The molecule has 1 saturated carbocycles. The van der Waals surface area contributed by atoms with E-state index in [1.807, 2.05) is 22.6 Å². The minimum atomic E-state index is -1.23. The van der Waals surface area contributed by atoms with Crippen molar-refractivity contribution in [2.45, 2.75) is 43.7 Å². The van der Waals surface area contributed by atoms with Crippen molar-refractivity contribution in [3.05, 3.63) is 56.9 Å². The van der Waals surface area contributed by atoms with E-state index < -0.39 is 29.0 Å². The van der Waals surface area contributed by atoms with Gasteiger partial charge in [0.1, 0.15) is 5.82 Å². The number of Topliss-reactive ketones (excluding diaryl/α,β-unsaturated/α-hetero) is 1. The van der Waals surface area contributed by atoms with Crippen LogP contribution in [0.2, 0.25) is 0 Å². The van der Waals surface area contributed by atoms with E-state index in [4.69, 9.17) is 0 Å². The Labute approximate surface area is 186 Å². The van der Waals surface area contributed by atoms with E-state index in [1.165, 1.54) is 18.2 Å². The lowest BCUT2D eigenvalue weighted by molar-refractivity contribution is -0.0948. The molecule has 2 aromatic carbocycles. The van der Waals surface area contributed by atoms with E-state index in [0.717, 1.165) is 31.9 Å². The smallest absolute Gasteiger partial charge is 0.182 e. The van der Waals surface area contributed by atoms with Gasteiger partial charge >= 0.3 is 0 Å². The van der Waals surface area contributed by atoms with E-state index in [1.54, 1.807) is 6.07 Å².